The highest BCUT2D eigenvalue weighted by Gasteiger charge is 2.33. The van der Waals surface area contributed by atoms with Gasteiger partial charge in [0.1, 0.15) is 5.69 Å². The van der Waals surface area contributed by atoms with Crippen LogP contribution < -0.4 is 5.73 Å². The number of carbonyl (C=O) groups is 1. The van der Waals surface area contributed by atoms with E-state index >= 15 is 0 Å². The summed E-state index contributed by atoms with van der Waals surface area (Å²) < 4.78 is 38.4. The molecular formula is C13H6Cl3F3N2O. The smallest absolute Gasteiger partial charge is 0.366 e. The SMILES string of the molecule is NC(=O)c1ccc(C(F)(F)F)nc1-c1cc(Cl)cc(Cl)c1Cl. The number of pyridine rings is 1. The van der Waals surface area contributed by atoms with Crippen molar-refractivity contribution in [3.63, 3.8) is 0 Å². The van der Waals surface area contributed by atoms with E-state index in [1.165, 1.54) is 12.1 Å². The predicted octanol–water partition coefficient (Wildman–Crippen LogP) is 4.83. The first-order valence-electron chi connectivity index (χ1n) is 5.64. The fourth-order valence-electron chi connectivity index (χ4n) is 1.75. The van der Waals surface area contributed by atoms with Crippen molar-refractivity contribution < 1.29 is 18.0 Å². The van der Waals surface area contributed by atoms with Crippen LogP contribution in [-0.4, -0.2) is 10.9 Å². The molecule has 9 heteroatoms. The molecule has 0 atom stereocenters. The molecule has 2 rings (SSSR count). The van der Waals surface area contributed by atoms with Crippen molar-refractivity contribution in [3.05, 3.63) is 50.6 Å². The van der Waals surface area contributed by atoms with Crippen LogP contribution in [0, 0.1) is 0 Å². The molecule has 0 spiro atoms. The average Bonchev–Trinajstić information content (AvgIpc) is 2.41. The molecule has 0 unspecified atom stereocenters. The summed E-state index contributed by atoms with van der Waals surface area (Å²) in [5, 5.41) is 0.0539. The number of nitrogens with zero attached hydrogens (tertiary/aromatic N) is 1. The maximum Gasteiger partial charge on any atom is 0.433 e. The van der Waals surface area contributed by atoms with E-state index in [2.05, 4.69) is 4.98 Å². The summed E-state index contributed by atoms with van der Waals surface area (Å²) in [6.45, 7) is 0. The highest BCUT2D eigenvalue weighted by molar-refractivity contribution is 6.45. The van der Waals surface area contributed by atoms with E-state index in [1.807, 2.05) is 0 Å². The molecule has 0 saturated heterocycles. The second kappa shape index (κ2) is 5.95. The molecule has 1 aromatic carbocycles. The van der Waals surface area contributed by atoms with Crippen molar-refractivity contribution in [1.29, 1.82) is 0 Å². The van der Waals surface area contributed by atoms with E-state index in [1.54, 1.807) is 0 Å². The lowest BCUT2D eigenvalue weighted by Crippen LogP contribution is -2.16. The van der Waals surface area contributed by atoms with Gasteiger partial charge in [0.15, 0.2) is 0 Å². The van der Waals surface area contributed by atoms with Gasteiger partial charge in [-0.3, -0.25) is 4.79 Å². The zero-order valence-electron chi connectivity index (χ0n) is 10.5. The maximum atomic E-state index is 12.8. The number of halogens is 6. The number of aromatic nitrogens is 1. The topological polar surface area (TPSA) is 56.0 Å². The van der Waals surface area contributed by atoms with Gasteiger partial charge in [0.25, 0.3) is 5.91 Å². The van der Waals surface area contributed by atoms with Crippen LogP contribution in [0.2, 0.25) is 15.1 Å². The minimum absolute atomic E-state index is 0.0128. The summed E-state index contributed by atoms with van der Waals surface area (Å²) in [5.41, 5.74) is 3.39. The molecule has 1 amide bonds. The number of alkyl halides is 3. The molecule has 22 heavy (non-hydrogen) atoms. The number of rotatable bonds is 2. The van der Waals surface area contributed by atoms with Crippen molar-refractivity contribution in [2.24, 2.45) is 5.73 Å². The van der Waals surface area contributed by atoms with E-state index in [4.69, 9.17) is 40.5 Å². The summed E-state index contributed by atoms with van der Waals surface area (Å²) in [6, 6.07) is 4.15. The monoisotopic (exact) mass is 368 g/mol. The number of nitrogens with two attached hydrogens (primary N) is 1. The van der Waals surface area contributed by atoms with Crippen molar-refractivity contribution in [2.45, 2.75) is 6.18 Å². The fraction of sp³-hybridized carbons (Fsp3) is 0.0769. The Morgan fingerprint density at radius 3 is 2.32 bits per heavy atom. The second-order valence-electron chi connectivity index (χ2n) is 4.20. The minimum Gasteiger partial charge on any atom is -0.366 e. The van der Waals surface area contributed by atoms with Gasteiger partial charge in [0.05, 0.1) is 21.3 Å². The second-order valence-corrected chi connectivity index (χ2v) is 5.43. The summed E-state index contributed by atoms with van der Waals surface area (Å²) in [6.07, 6.45) is -4.69. The summed E-state index contributed by atoms with van der Waals surface area (Å²) in [4.78, 5) is 14.9. The van der Waals surface area contributed by atoms with E-state index in [0.29, 0.717) is 6.07 Å². The minimum atomic E-state index is -4.69. The zero-order valence-corrected chi connectivity index (χ0v) is 12.8. The molecule has 0 bridgehead atoms. The summed E-state index contributed by atoms with van der Waals surface area (Å²) >= 11 is 17.7. The van der Waals surface area contributed by atoms with Crippen LogP contribution in [0.4, 0.5) is 13.2 Å². The first-order chi connectivity index (χ1) is 10.1. The van der Waals surface area contributed by atoms with Crippen LogP contribution in [0.15, 0.2) is 24.3 Å². The third-order valence-corrected chi connectivity index (χ3v) is 3.72. The van der Waals surface area contributed by atoms with Gasteiger partial charge in [-0.25, -0.2) is 4.98 Å². The van der Waals surface area contributed by atoms with E-state index in [0.717, 1.165) is 6.07 Å². The molecule has 0 aliphatic carbocycles. The van der Waals surface area contributed by atoms with Crippen molar-refractivity contribution in [3.8, 4) is 11.3 Å². The number of hydrogen-bond donors (Lipinski definition) is 1. The molecule has 2 N–H and O–H groups in total. The molecule has 2 aromatic rings. The van der Waals surface area contributed by atoms with Gasteiger partial charge in [-0.2, -0.15) is 13.2 Å². The number of carbonyl (C=O) groups excluding carboxylic acids is 1. The zero-order chi connectivity index (χ0) is 16.7. The van der Waals surface area contributed by atoms with Crippen LogP contribution in [0.5, 0.6) is 0 Å². The highest BCUT2D eigenvalue weighted by atomic mass is 35.5. The summed E-state index contributed by atoms with van der Waals surface area (Å²) in [5.74, 6) is -0.955. The van der Waals surface area contributed by atoms with E-state index in [9.17, 15) is 18.0 Å². The van der Waals surface area contributed by atoms with Gasteiger partial charge in [-0.15, -0.1) is 0 Å². The number of primary amides is 1. The van der Waals surface area contributed by atoms with Gasteiger partial charge in [0, 0.05) is 10.6 Å². The largest absolute Gasteiger partial charge is 0.433 e. The van der Waals surface area contributed by atoms with Gasteiger partial charge in [-0.05, 0) is 24.3 Å². The van der Waals surface area contributed by atoms with Crippen molar-refractivity contribution >= 4 is 40.7 Å². The van der Waals surface area contributed by atoms with Crippen LogP contribution in [0.3, 0.4) is 0 Å². The molecule has 116 valence electrons. The van der Waals surface area contributed by atoms with Crippen LogP contribution in [-0.2, 0) is 6.18 Å². The molecular weight excluding hydrogens is 364 g/mol. The Morgan fingerprint density at radius 2 is 1.77 bits per heavy atom. The Morgan fingerprint density at radius 1 is 1.14 bits per heavy atom. The lowest BCUT2D eigenvalue weighted by atomic mass is 10.0. The molecule has 0 radical (unpaired) electrons. The quantitative estimate of drug-likeness (QED) is 0.771. The van der Waals surface area contributed by atoms with Gasteiger partial charge >= 0.3 is 6.18 Å². The van der Waals surface area contributed by atoms with Gasteiger partial charge < -0.3 is 5.73 Å². The Kier molecular flexibility index (Phi) is 4.56. The third-order valence-electron chi connectivity index (χ3n) is 2.70. The normalized spacial score (nSPS) is 11.5. The molecule has 1 heterocycles. The Bertz CT molecular complexity index is 763. The standard InChI is InChI=1S/C13H6Cl3F3N2O/c14-5-3-7(10(16)8(15)4-5)11-6(12(20)22)1-2-9(21-11)13(17,18)19/h1-4H,(H2,20,22). The third kappa shape index (κ3) is 3.29. The Balaban J connectivity index is 2.80. The highest BCUT2D eigenvalue weighted by Crippen LogP contribution is 2.38. The van der Waals surface area contributed by atoms with Crippen LogP contribution in [0.25, 0.3) is 11.3 Å². The molecule has 1 aromatic heterocycles. The lowest BCUT2D eigenvalue weighted by molar-refractivity contribution is -0.141. The first-order valence-corrected chi connectivity index (χ1v) is 6.77. The van der Waals surface area contributed by atoms with Gasteiger partial charge in [-0.1, -0.05) is 34.8 Å². The number of benzene rings is 1. The lowest BCUT2D eigenvalue weighted by Gasteiger charge is -2.13. The number of amides is 1. The molecule has 0 aliphatic rings. The van der Waals surface area contributed by atoms with Crippen molar-refractivity contribution in [2.75, 3.05) is 0 Å². The van der Waals surface area contributed by atoms with Crippen LogP contribution in [0.1, 0.15) is 16.1 Å². The van der Waals surface area contributed by atoms with E-state index in [-0.39, 0.29) is 31.9 Å². The summed E-state index contributed by atoms with van der Waals surface area (Å²) in [7, 11) is 0. The molecule has 3 nitrogen and oxygen atoms in total. The van der Waals surface area contributed by atoms with Gasteiger partial charge in [0.2, 0.25) is 0 Å². The predicted molar refractivity (Wildman–Crippen MR) is 78.2 cm³/mol. The van der Waals surface area contributed by atoms with E-state index < -0.39 is 17.8 Å². The fourth-order valence-corrected chi connectivity index (χ4v) is 2.44. The Hall–Kier alpha value is -1.50. The first kappa shape index (κ1) is 16.9. The Labute approximate surface area is 137 Å². The molecule has 0 aliphatic heterocycles. The number of hydrogen-bond acceptors (Lipinski definition) is 2. The molecule has 0 fully saturated rings. The average molecular weight is 370 g/mol. The maximum absolute atomic E-state index is 12.8. The van der Waals surface area contributed by atoms with Crippen LogP contribution >= 0.6 is 34.8 Å². The van der Waals surface area contributed by atoms with Crippen molar-refractivity contribution in [1.82, 2.24) is 4.98 Å². The molecule has 0 saturated carbocycles.